The van der Waals surface area contributed by atoms with Crippen LogP contribution in [0.4, 0.5) is 4.39 Å². The summed E-state index contributed by atoms with van der Waals surface area (Å²) < 4.78 is 18.8. The van der Waals surface area contributed by atoms with Crippen molar-refractivity contribution in [2.45, 2.75) is 6.54 Å². The van der Waals surface area contributed by atoms with Gasteiger partial charge in [0.05, 0.1) is 5.02 Å². The molecule has 0 saturated carbocycles. The van der Waals surface area contributed by atoms with Crippen LogP contribution in [0.5, 0.6) is 11.6 Å². The smallest absolute Gasteiger partial charge is 0.227 e. The van der Waals surface area contributed by atoms with Gasteiger partial charge >= 0.3 is 0 Å². The number of aromatic nitrogens is 1. The molecule has 0 fully saturated rings. The van der Waals surface area contributed by atoms with E-state index in [1.807, 2.05) is 24.3 Å². The van der Waals surface area contributed by atoms with E-state index in [2.05, 4.69) is 4.98 Å². The number of hydrogen-bond donors (Lipinski definition) is 1. The van der Waals surface area contributed by atoms with Crippen molar-refractivity contribution >= 4 is 22.4 Å². The molecule has 0 radical (unpaired) electrons. The molecule has 5 heteroatoms. The molecule has 21 heavy (non-hydrogen) atoms. The summed E-state index contributed by atoms with van der Waals surface area (Å²) in [6.07, 6.45) is 1.68. The molecular formula is C16H12ClFN2O. The van der Waals surface area contributed by atoms with Crippen molar-refractivity contribution in [1.29, 1.82) is 0 Å². The van der Waals surface area contributed by atoms with Gasteiger partial charge in [-0.25, -0.2) is 9.37 Å². The van der Waals surface area contributed by atoms with Gasteiger partial charge in [-0.3, -0.25) is 0 Å². The molecule has 0 aliphatic heterocycles. The van der Waals surface area contributed by atoms with E-state index in [-0.39, 0.29) is 5.02 Å². The monoisotopic (exact) mass is 302 g/mol. The summed E-state index contributed by atoms with van der Waals surface area (Å²) in [5, 5.41) is 2.01. The summed E-state index contributed by atoms with van der Waals surface area (Å²) in [6, 6.07) is 11.6. The highest BCUT2D eigenvalue weighted by Gasteiger charge is 2.10. The third-order valence-corrected chi connectivity index (χ3v) is 3.46. The summed E-state index contributed by atoms with van der Waals surface area (Å²) in [7, 11) is 0. The molecule has 2 aromatic carbocycles. The van der Waals surface area contributed by atoms with Gasteiger partial charge in [-0.15, -0.1) is 0 Å². The lowest BCUT2D eigenvalue weighted by molar-refractivity contribution is 0.467. The van der Waals surface area contributed by atoms with Crippen molar-refractivity contribution in [3.63, 3.8) is 0 Å². The first-order valence-corrected chi connectivity index (χ1v) is 6.76. The first-order chi connectivity index (χ1) is 10.2. The standard InChI is InChI=1S/C16H12ClFN2O/c17-14-7-11(18)5-6-15(14)21-16-13-4-2-1-3-12(13)10(8-19)9-20-16/h1-7,9H,8,19H2. The van der Waals surface area contributed by atoms with Crippen molar-refractivity contribution in [2.24, 2.45) is 5.73 Å². The number of benzene rings is 2. The number of hydrogen-bond acceptors (Lipinski definition) is 3. The number of fused-ring (bicyclic) bond motifs is 1. The van der Waals surface area contributed by atoms with E-state index < -0.39 is 5.82 Å². The second-order valence-corrected chi connectivity index (χ2v) is 4.92. The van der Waals surface area contributed by atoms with Gasteiger partial charge in [-0.05, 0) is 35.2 Å². The predicted octanol–water partition coefficient (Wildman–Crippen LogP) is 4.28. The SMILES string of the molecule is NCc1cnc(Oc2ccc(F)cc2Cl)c2ccccc12. The minimum atomic E-state index is -0.413. The summed E-state index contributed by atoms with van der Waals surface area (Å²) in [5.41, 5.74) is 6.65. The fourth-order valence-electron chi connectivity index (χ4n) is 2.13. The Kier molecular flexibility index (Phi) is 3.73. The van der Waals surface area contributed by atoms with Crippen molar-refractivity contribution in [2.75, 3.05) is 0 Å². The summed E-state index contributed by atoms with van der Waals surface area (Å²) >= 11 is 5.98. The first kappa shape index (κ1) is 13.8. The fourth-order valence-corrected chi connectivity index (χ4v) is 2.34. The highest BCUT2D eigenvalue weighted by atomic mass is 35.5. The molecule has 106 valence electrons. The zero-order valence-electron chi connectivity index (χ0n) is 11.0. The average Bonchev–Trinajstić information content (AvgIpc) is 2.50. The lowest BCUT2D eigenvalue weighted by Crippen LogP contribution is -2.00. The van der Waals surface area contributed by atoms with Gasteiger partial charge in [-0.2, -0.15) is 0 Å². The zero-order chi connectivity index (χ0) is 14.8. The molecule has 3 aromatic rings. The van der Waals surface area contributed by atoms with E-state index in [0.29, 0.717) is 18.2 Å². The second kappa shape index (κ2) is 5.68. The molecule has 0 atom stereocenters. The minimum absolute atomic E-state index is 0.198. The quantitative estimate of drug-likeness (QED) is 0.785. The number of pyridine rings is 1. The van der Waals surface area contributed by atoms with Crippen LogP contribution in [0.15, 0.2) is 48.7 Å². The third-order valence-electron chi connectivity index (χ3n) is 3.16. The molecule has 1 heterocycles. The second-order valence-electron chi connectivity index (χ2n) is 4.52. The number of ether oxygens (including phenoxy) is 1. The molecule has 0 amide bonds. The maximum absolute atomic E-state index is 13.1. The molecule has 3 rings (SSSR count). The van der Waals surface area contributed by atoms with Gasteiger partial charge in [0.2, 0.25) is 5.88 Å². The number of nitrogens with two attached hydrogens (primary N) is 1. The van der Waals surface area contributed by atoms with E-state index in [1.54, 1.807) is 6.20 Å². The van der Waals surface area contributed by atoms with Crippen LogP contribution in [0, 0.1) is 5.82 Å². The van der Waals surface area contributed by atoms with Crippen molar-refractivity contribution in [1.82, 2.24) is 4.98 Å². The van der Waals surface area contributed by atoms with Crippen LogP contribution in [0.3, 0.4) is 0 Å². The van der Waals surface area contributed by atoms with E-state index in [9.17, 15) is 4.39 Å². The predicted molar refractivity (Wildman–Crippen MR) is 81.1 cm³/mol. The molecule has 0 spiro atoms. The molecule has 0 bridgehead atoms. The van der Waals surface area contributed by atoms with Gasteiger partial charge < -0.3 is 10.5 Å². The molecule has 0 aliphatic carbocycles. The van der Waals surface area contributed by atoms with Gasteiger partial charge in [-0.1, -0.05) is 29.8 Å². The molecular weight excluding hydrogens is 291 g/mol. The minimum Gasteiger partial charge on any atom is -0.437 e. The molecule has 0 unspecified atom stereocenters. The van der Waals surface area contributed by atoms with Gasteiger partial charge in [0.25, 0.3) is 0 Å². The molecule has 1 aromatic heterocycles. The number of halogens is 2. The Bertz CT molecular complexity index is 807. The van der Waals surface area contributed by atoms with Crippen LogP contribution in [0.2, 0.25) is 5.02 Å². The van der Waals surface area contributed by atoms with Crippen LogP contribution < -0.4 is 10.5 Å². The molecule has 3 nitrogen and oxygen atoms in total. The van der Waals surface area contributed by atoms with Crippen LogP contribution in [-0.2, 0) is 6.54 Å². The fraction of sp³-hybridized carbons (Fsp3) is 0.0625. The van der Waals surface area contributed by atoms with E-state index in [0.717, 1.165) is 16.3 Å². The van der Waals surface area contributed by atoms with Crippen molar-refractivity contribution < 1.29 is 9.13 Å². The Hall–Kier alpha value is -2.17. The topological polar surface area (TPSA) is 48.1 Å². The van der Waals surface area contributed by atoms with Crippen LogP contribution >= 0.6 is 11.6 Å². The third kappa shape index (κ3) is 2.68. The Morgan fingerprint density at radius 2 is 1.90 bits per heavy atom. The maximum atomic E-state index is 13.1. The average molecular weight is 303 g/mol. The Labute approximate surface area is 126 Å². The summed E-state index contributed by atoms with van der Waals surface area (Å²) in [6.45, 7) is 0.394. The number of nitrogens with zero attached hydrogens (tertiary/aromatic N) is 1. The van der Waals surface area contributed by atoms with Crippen molar-refractivity contribution in [3.05, 3.63) is 65.1 Å². The Morgan fingerprint density at radius 3 is 2.62 bits per heavy atom. The van der Waals surface area contributed by atoms with E-state index in [4.69, 9.17) is 22.1 Å². The Balaban J connectivity index is 2.09. The summed E-state index contributed by atoms with van der Waals surface area (Å²) in [5.74, 6) is 0.358. The van der Waals surface area contributed by atoms with E-state index in [1.165, 1.54) is 18.2 Å². The summed E-state index contributed by atoms with van der Waals surface area (Å²) in [4.78, 5) is 4.28. The lowest BCUT2D eigenvalue weighted by Gasteiger charge is -2.11. The first-order valence-electron chi connectivity index (χ1n) is 6.38. The maximum Gasteiger partial charge on any atom is 0.227 e. The van der Waals surface area contributed by atoms with Gasteiger partial charge in [0, 0.05) is 18.1 Å². The largest absolute Gasteiger partial charge is 0.437 e. The van der Waals surface area contributed by atoms with Gasteiger partial charge in [0.1, 0.15) is 11.6 Å². The van der Waals surface area contributed by atoms with Crippen LogP contribution in [-0.4, -0.2) is 4.98 Å². The van der Waals surface area contributed by atoms with E-state index >= 15 is 0 Å². The van der Waals surface area contributed by atoms with Crippen LogP contribution in [0.1, 0.15) is 5.56 Å². The number of rotatable bonds is 3. The molecule has 2 N–H and O–H groups in total. The normalized spacial score (nSPS) is 10.8. The van der Waals surface area contributed by atoms with Crippen LogP contribution in [0.25, 0.3) is 10.8 Å². The molecule has 0 saturated heterocycles. The molecule has 0 aliphatic rings. The highest BCUT2D eigenvalue weighted by molar-refractivity contribution is 6.32. The Morgan fingerprint density at radius 1 is 1.14 bits per heavy atom. The highest BCUT2D eigenvalue weighted by Crippen LogP contribution is 2.33. The van der Waals surface area contributed by atoms with Crippen molar-refractivity contribution in [3.8, 4) is 11.6 Å². The lowest BCUT2D eigenvalue weighted by atomic mass is 10.1. The van der Waals surface area contributed by atoms with Gasteiger partial charge in [0.15, 0.2) is 0 Å². The zero-order valence-corrected chi connectivity index (χ0v) is 11.8.